The van der Waals surface area contributed by atoms with Gasteiger partial charge >= 0.3 is 0 Å². The Bertz CT molecular complexity index is 1340. The van der Waals surface area contributed by atoms with Crippen LogP contribution in [0.2, 0.25) is 0 Å². The maximum atomic E-state index is 12.8. The second-order valence-electron chi connectivity index (χ2n) is 9.41. The fraction of sp³-hybridized carbons (Fsp3) is 0.370. The molecule has 33 heavy (non-hydrogen) atoms. The van der Waals surface area contributed by atoms with Gasteiger partial charge in [-0.05, 0) is 56.7 Å². The van der Waals surface area contributed by atoms with Crippen molar-refractivity contribution in [2.75, 3.05) is 0 Å². The van der Waals surface area contributed by atoms with Crippen molar-refractivity contribution < 1.29 is 4.79 Å². The van der Waals surface area contributed by atoms with Crippen molar-refractivity contribution >= 4 is 28.2 Å². The third kappa shape index (κ3) is 3.71. The van der Waals surface area contributed by atoms with Gasteiger partial charge in [-0.3, -0.25) is 4.79 Å². The van der Waals surface area contributed by atoms with E-state index in [9.17, 15) is 4.79 Å². The molecule has 1 unspecified atom stereocenters. The van der Waals surface area contributed by atoms with Crippen LogP contribution in [0.5, 0.6) is 0 Å². The van der Waals surface area contributed by atoms with Crippen LogP contribution in [-0.4, -0.2) is 32.4 Å². The number of aromatic nitrogens is 3. The van der Waals surface area contributed by atoms with E-state index in [-0.39, 0.29) is 11.8 Å². The van der Waals surface area contributed by atoms with Gasteiger partial charge in [-0.25, -0.2) is 9.97 Å². The second-order valence-corrected chi connectivity index (χ2v) is 10.7. The van der Waals surface area contributed by atoms with Gasteiger partial charge in [-0.2, -0.15) is 0 Å². The number of thiazole rings is 1. The molecule has 5 nitrogen and oxygen atoms in total. The molecule has 1 aliphatic carbocycles. The Morgan fingerprint density at radius 1 is 1.12 bits per heavy atom. The van der Waals surface area contributed by atoms with E-state index in [0.717, 1.165) is 54.0 Å². The quantitative estimate of drug-likeness (QED) is 0.431. The number of carbonyl (C=O) groups excluding carboxylic acids is 1. The van der Waals surface area contributed by atoms with Crippen LogP contribution in [0, 0.1) is 6.92 Å². The normalized spacial score (nSPS) is 22.2. The zero-order chi connectivity index (χ0) is 22.5. The largest absolute Gasteiger partial charge is 0.331 e. The lowest BCUT2D eigenvalue weighted by molar-refractivity contribution is 0.0950. The summed E-state index contributed by atoms with van der Waals surface area (Å²) in [6.07, 6.45) is 5.03. The molecule has 6 heteroatoms. The molecule has 168 valence electrons. The van der Waals surface area contributed by atoms with Gasteiger partial charge in [-0.1, -0.05) is 36.4 Å². The third-order valence-electron chi connectivity index (χ3n) is 7.21. The van der Waals surface area contributed by atoms with Gasteiger partial charge in [0.15, 0.2) is 5.78 Å². The summed E-state index contributed by atoms with van der Waals surface area (Å²) in [7, 11) is 2.12. The first-order valence-corrected chi connectivity index (χ1v) is 12.6. The summed E-state index contributed by atoms with van der Waals surface area (Å²) < 4.78 is 2.25. The minimum absolute atomic E-state index is 0.0827. The molecule has 3 heterocycles. The Morgan fingerprint density at radius 3 is 2.82 bits per heavy atom. The zero-order valence-corrected chi connectivity index (χ0v) is 19.9. The predicted octanol–water partition coefficient (Wildman–Crippen LogP) is 4.96. The number of hydrogen-bond acceptors (Lipinski definition) is 5. The van der Waals surface area contributed by atoms with Gasteiger partial charge < -0.3 is 9.88 Å². The van der Waals surface area contributed by atoms with Crippen LogP contribution in [-0.2, 0) is 19.9 Å². The third-order valence-corrected chi connectivity index (χ3v) is 8.26. The van der Waals surface area contributed by atoms with Crippen molar-refractivity contribution in [1.82, 2.24) is 19.9 Å². The lowest BCUT2D eigenvalue weighted by atomic mass is 10.0. The number of ketones is 1. The molecule has 1 fully saturated rings. The van der Waals surface area contributed by atoms with Crippen molar-refractivity contribution in [3.8, 4) is 0 Å². The maximum absolute atomic E-state index is 12.8. The summed E-state index contributed by atoms with van der Waals surface area (Å²) in [6, 6.07) is 16.5. The van der Waals surface area contributed by atoms with Crippen LogP contribution in [0.4, 0.5) is 0 Å². The molecule has 0 spiro atoms. The molecular formula is C27H28N4OS. The van der Waals surface area contributed by atoms with Crippen LogP contribution in [0.1, 0.15) is 62.5 Å². The van der Waals surface area contributed by atoms with Gasteiger partial charge in [0.1, 0.15) is 5.82 Å². The second kappa shape index (κ2) is 8.19. The molecule has 1 saturated heterocycles. The monoisotopic (exact) mass is 456 g/mol. The Labute approximate surface area is 197 Å². The summed E-state index contributed by atoms with van der Waals surface area (Å²) in [4.78, 5) is 24.1. The van der Waals surface area contributed by atoms with Gasteiger partial charge in [0.25, 0.3) is 0 Å². The highest BCUT2D eigenvalue weighted by molar-refractivity contribution is 7.11. The Kier molecular flexibility index (Phi) is 5.15. The molecule has 2 aliphatic rings. The fourth-order valence-electron chi connectivity index (χ4n) is 5.58. The number of hydrogen-bond donors (Lipinski definition) is 1. The first-order valence-electron chi connectivity index (χ1n) is 11.8. The molecule has 2 aromatic carbocycles. The van der Waals surface area contributed by atoms with Crippen molar-refractivity contribution in [2.45, 2.75) is 57.0 Å². The highest BCUT2D eigenvalue weighted by atomic mass is 32.1. The summed E-state index contributed by atoms with van der Waals surface area (Å²) in [5.41, 5.74) is 5.53. The summed E-state index contributed by atoms with van der Waals surface area (Å²) in [6.45, 7) is 2.09. The summed E-state index contributed by atoms with van der Waals surface area (Å²) in [5.74, 6) is 1.63. The van der Waals surface area contributed by atoms with Crippen molar-refractivity contribution in [1.29, 1.82) is 0 Å². The molecule has 1 N–H and O–H groups in total. The number of rotatable bonds is 5. The number of benzene rings is 2. The molecule has 0 bridgehead atoms. The SMILES string of the molecule is Cc1nc2c(s1)CC[C@@H]2c1nc2cc(C[C@@H]3CCC(C(=O)c4ccccc4)N3)ccc2n1C. The number of Topliss-reactive ketones (excluding diaryl/α,β-unsaturated/α-hetero) is 1. The smallest absolute Gasteiger partial charge is 0.179 e. The zero-order valence-electron chi connectivity index (χ0n) is 19.0. The predicted molar refractivity (Wildman–Crippen MR) is 132 cm³/mol. The molecule has 1 aliphatic heterocycles. The van der Waals surface area contributed by atoms with E-state index < -0.39 is 0 Å². The standard InChI is InChI=1S/C27H28N4OS/c1-16-28-25-20(10-13-24(25)33-16)27-30-22-15-17(8-12-23(22)31(27)2)14-19-9-11-21(29-19)26(32)18-6-4-3-5-7-18/h3-8,12,15,19-21,29H,9-11,13-14H2,1-2H3/t19-,20-,21?/m0/s1. The van der Waals surface area contributed by atoms with Crippen LogP contribution in [0.15, 0.2) is 48.5 Å². The van der Waals surface area contributed by atoms with Crippen LogP contribution < -0.4 is 5.32 Å². The Morgan fingerprint density at radius 2 is 1.97 bits per heavy atom. The maximum Gasteiger partial charge on any atom is 0.179 e. The molecule has 2 aromatic heterocycles. The van der Waals surface area contributed by atoms with E-state index in [0.29, 0.717) is 12.0 Å². The van der Waals surface area contributed by atoms with Crippen molar-refractivity contribution in [3.05, 3.63) is 81.1 Å². The number of carbonyl (C=O) groups is 1. The number of nitrogens with one attached hydrogen (secondary N) is 1. The van der Waals surface area contributed by atoms with Crippen LogP contribution in [0.3, 0.4) is 0 Å². The van der Waals surface area contributed by atoms with E-state index in [2.05, 4.69) is 42.1 Å². The average Bonchev–Trinajstić information content (AvgIpc) is 3.58. The Balaban J connectivity index is 1.19. The van der Waals surface area contributed by atoms with Crippen LogP contribution in [0.25, 0.3) is 11.0 Å². The molecule has 4 aromatic rings. The van der Waals surface area contributed by atoms with Crippen molar-refractivity contribution in [2.24, 2.45) is 7.05 Å². The number of fused-ring (bicyclic) bond motifs is 2. The highest BCUT2D eigenvalue weighted by Gasteiger charge is 2.32. The van der Waals surface area contributed by atoms with Gasteiger partial charge in [-0.15, -0.1) is 11.3 Å². The molecule has 6 rings (SSSR count). The van der Waals surface area contributed by atoms with E-state index in [1.165, 1.54) is 21.7 Å². The molecule has 0 saturated carbocycles. The number of nitrogens with zero attached hydrogens (tertiary/aromatic N) is 3. The van der Waals surface area contributed by atoms with E-state index in [4.69, 9.17) is 9.97 Å². The first-order chi connectivity index (χ1) is 16.1. The Hall–Kier alpha value is -2.83. The van der Waals surface area contributed by atoms with E-state index >= 15 is 0 Å². The van der Waals surface area contributed by atoms with E-state index in [1.807, 2.05) is 41.7 Å². The van der Waals surface area contributed by atoms with Gasteiger partial charge in [0.2, 0.25) is 0 Å². The molecule has 0 amide bonds. The minimum Gasteiger partial charge on any atom is -0.331 e. The molecule has 0 radical (unpaired) electrons. The first kappa shape index (κ1) is 20.8. The molecule has 3 atom stereocenters. The topological polar surface area (TPSA) is 59.8 Å². The summed E-state index contributed by atoms with van der Waals surface area (Å²) >= 11 is 1.83. The van der Waals surface area contributed by atoms with E-state index in [1.54, 1.807) is 0 Å². The van der Waals surface area contributed by atoms with Crippen LogP contribution >= 0.6 is 11.3 Å². The molecular weight excluding hydrogens is 428 g/mol. The average molecular weight is 457 g/mol. The fourth-order valence-corrected chi connectivity index (χ4v) is 6.59. The van der Waals surface area contributed by atoms with Gasteiger partial charge in [0, 0.05) is 23.5 Å². The lowest BCUT2D eigenvalue weighted by Gasteiger charge is -2.14. The number of aryl methyl sites for hydroxylation is 3. The van der Waals surface area contributed by atoms with Gasteiger partial charge in [0.05, 0.1) is 33.7 Å². The highest BCUT2D eigenvalue weighted by Crippen LogP contribution is 2.40. The number of imidazole rings is 1. The minimum atomic E-state index is -0.0827. The summed E-state index contributed by atoms with van der Waals surface area (Å²) in [5, 5.41) is 4.73. The lowest BCUT2D eigenvalue weighted by Crippen LogP contribution is -2.36. The van der Waals surface area contributed by atoms with Crippen molar-refractivity contribution in [3.63, 3.8) is 0 Å².